The lowest BCUT2D eigenvalue weighted by atomic mass is 10.2. The van der Waals surface area contributed by atoms with Gasteiger partial charge in [-0.3, -0.25) is 0 Å². The van der Waals surface area contributed by atoms with E-state index in [1.165, 1.54) is 11.2 Å². The zero-order chi connectivity index (χ0) is 13.1. The van der Waals surface area contributed by atoms with Crippen LogP contribution in [0.5, 0.6) is 0 Å². The van der Waals surface area contributed by atoms with Gasteiger partial charge in [-0.25, -0.2) is 14.8 Å². The Morgan fingerprint density at radius 2 is 2.28 bits per heavy atom. The van der Waals surface area contributed by atoms with Crippen molar-refractivity contribution in [3.05, 3.63) is 17.3 Å². The van der Waals surface area contributed by atoms with Gasteiger partial charge in [0.1, 0.15) is 23.0 Å². The summed E-state index contributed by atoms with van der Waals surface area (Å²) in [4.78, 5) is 21.5. The van der Waals surface area contributed by atoms with Gasteiger partial charge in [0.15, 0.2) is 0 Å². The van der Waals surface area contributed by atoms with Gasteiger partial charge in [0, 0.05) is 4.88 Å². The third kappa shape index (κ3) is 2.43. The number of nitrogens with zero attached hydrogens (tertiary/aromatic N) is 2. The second-order valence-corrected chi connectivity index (χ2v) is 5.07. The van der Waals surface area contributed by atoms with Gasteiger partial charge in [-0.05, 0) is 18.9 Å². The second kappa shape index (κ2) is 5.30. The summed E-state index contributed by atoms with van der Waals surface area (Å²) < 4.78 is 0. The molecule has 96 valence electrons. The monoisotopic (exact) mass is 265 g/mol. The number of aryl methyl sites for hydroxylation is 1. The highest BCUT2D eigenvalue weighted by Gasteiger charge is 2.17. The van der Waals surface area contributed by atoms with Crippen molar-refractivity contribution in [1.29, 1.82) is 0 Å². The molecule has 0 amide bonds. The van der Waals surface area contributed by atoms with E-state index in [-0.39, 0.29) is 0 Å². The van der Waals surface area contributed by atoms with Crippen LogP contribution < -0.4 is 5.32 Å². The summed E-state index contributed by atoms with van der Waals surface area (Å²) in [5.41, 5.74) is 0. The lowest BCUT2D eigenvalue weighted by Gasteiger charge is -2.12. The predicted octanol–water partition coefficient (Wildman–Crippen LogP) is 2.53. The maximum Gasteiger partial charge on any atom is 0.326 e. The van der Waals surface area contributed by atoms with Crippen molar-refractivity contribution in [1.82, 2.24) is 9.97 Å². The first-order chi connectivity index (χ1) is 8.65. The van der Waals surface area contributed by atoms with Crippen molar-refractivity contribution in [3.63, 3.8) is 0 Å². The van der Waals surface area contributed by atoms with E-state index in [0.29, 0.717) is 12.2 Å². The van der Waals surface area contributed by atoms with Crippen molar-refractivity contribution >= 4 is 33.3 Å². The molecule has 0 fully saturated rings. The molecule has 2 aromatic rings. The Labute approximate surface area is 109 Å². The molecule has 0 spiro atoms. The van der Waals surface area contributed by atoms with E-state index in [9.17, 15) is 4.79 Å². The highest BCUT2D eigenvalue weighted by atomic mass is 32.1. The Morgan fingerprint density at radius 1 is 1.50 bits per heavy atom. The van der Waals surface area contributed by atoms with Crippen LogP contribution in [0.2, 0.25) is 0 Å². The number of carboxylic acids is 1. The van der Waals surface area contributed by atoms with E-state index in [1.807, 2.05) is 13.0 Å². The topological polar surface area (TPSA) is 75.1 Å². The van der Waals surface area contributed by atoms with Crippen LogP contribution in [-0.4, -0.2) is 27.1 Å². The number of hydrogen-bond acceptors (Lipinski definition) is 5. The molecule has 18 heavy (non-hydrogen) atoms. The number of carbonyl (C=O) groups is 1. The molecule has 2 rings (SSSR count). The molecule has 0 saturated carbocycles. The largest absolute Gasteiger partial charge is 0.480 e. The fourth-order valence-electron chi connectivity index (χ4n) is 1.70. The second-order valence-electron chi connectivity index (χ2n) is 3.95. The minimum Gasteiger partial charge on any atom is -0.480 e. The molecule has 1 atom stereocenters. The molecule has 0 radical (unpaired) electrons. The third-order valence-corrected chi connectivity index (χ3v) is 3.93. The number of aromatic nitrogens is 2. The normalized spacial score (nSPS) is 12.6. The Morgan fingerprint density at radius 3 is 2.89 bits per heavy atom. The molecule has 0 bridgehead atoms. The van der Waals surface area contributed by atoms with Gasteiger partial charge >= 0.3 is 5.97 Å². The van der Waals surface area contributed by atoms with Crippen LogP contribution in [0.3, 0.4) is 0 Å². The van der Waals surface area contributed by atoms with Gasteiger partial charge in [-0.2, -0.15) is 0 Å². The van der Waals surface area contributed by atoms with E-state index in [2.05, 4.69) is 22.2 Å². The fourth-order valence-corrected chi connectivity index (χ4v) is 2.63. The molecule has 0 saturated heterocycles. The Bertz CT molecular complexity index is 567. The number of fused-ring (bicyclic) bond motifs is 1. The number of thiophene rings is 1. The minimum atomic E-state index is -0.866. The lowest BCUT2D eigenvalue weighted by molar-refractivity contribution is -0.137. The molecule has 0 aliphatic carbocycles. The first-order valence-corrected chi connectivity index (χ1v) is 6.70. The van der Waals surface area contributed by atoms with Crippen molar-refractivity contribution < 1.29 is 9.90 Å². The summed E-state index contributed by atoms with van der Waals surface area (Å²) in [6.45, 7) is 3.91. The quantitative estimate of drug-likeness (QED) is 0.869. The van der Waals surface area contributed by atoms with Crippen molar-refractivity contribution in [2.45, 2.75) is 32.7 Å². The van der Waals surface area contributed by atoms with Crippen LogP contribution in [0.1, 0.15) is 25.1 Å². The zero-order valence-electron chi connectivity index (χ0n) is 10.3. The highest BCUT2D eigenvalue weighted by Crippen LogP contribution is 2.28. The smallest absolute Gasteiger partial charge is 0.326 e. The van der Waals surface area contributed by atoms with Gasteiger partial charge in [-0.15, -0.1) is 11.3 Å². The van der Waals surface area contributed by atoms with Crippen LogP contribution >= 0.6 is 11.3 Å². The number of rotatable bonds is 5. The van der Waals surface area contributed by atoms with Gasteiger partial charge < -0.3 is 10.4 Å². The Balaban J connectivity index is 2.38. The molecule has 2 N–H and O–H groups in total. The van der Waals surface area contributed by atoms with Crippen LogP contribution in [0.15, 0.2) is 12.4 Å². The summed E-state index contributed by atoms with van der Waals surface area (Å²) >= 11 is 1.62. The van der Waals surface area contributed by atoms with E-state index < -0.39 is 12.0 Å². The van der Waals surface area contributed by atoms with Gasteiger partial charge in [-0.1, -0.05) is 13.8 Å². The summed E-state index contributed by atoms with van der Waals surface area (Å²) in [6.07, 6.45) is 2.91. The Kier molecular flexibility index (Phi) is 3.76. The lowest BCUT2D eigenvalue weighted by Crippen LogP contribution is -2.28. The summed E-state index contributed by atoms with van der Waals surface area (Å²) in [6, 6.07) is 1.41. The molecule has 2 aromatic heterocycles. The van der Waals surface area contributed by atoms with Crippen LogP contribution in [0.25, 0.3) is 10.2 Å². The standard InChI is InChI=1S/C12H15N3O2S/c1-3-7-5-8-10(13-6-14-11(8)18-7)15-9(4-2)12(16)17/h5-6,9H,3-4H2,1-2H3,(H,16,17)(H,13,14,15). The predicted molar refractivity (Wildman–Crippen MR) is 72.1 cm³/mol. The van der Waals surface area contributed by atoms with Gasteiger partial charge in [0.25, 0.3) is 0 Å². The van der Waals surface area contributed by atoms with Crippen molar-refractivity contribution in [2.75, 3.05) is 5.32 Å². The average molecular weight is 265 g/mol. The third-order valence-electron chi connectivity index (χ3n) is 2.75. The summed E-state index contributed by atoms with van der Waals surface area (Å²) in [5, 5.41) is 12.9. The van der Waals surface area contributed by atoms with Crippen molar-refractivity contribution in [3.8, 4) is 0 Å². The zero-order valence-corrected chi connectivity index (χ0v) is 11.1. The Hall–Kier alpha value is -1.69. The number of nitrogens with one attached hydrogen (secondary N) is 1. The molecule has 5 nitrogen and oxygen atoms in total. The average Bonchev–Trinajstić information content (AvgIpc) is 2.79. The van der Waals surface area contributed by atoms with Crippen LogP contribution in [-0.2, 0) is 11.2 Å². The van der Waals surface area contributed by atoms with E-state index in [0.717, 1.165) is 16.6 Å². The summed E-state index contributed by atoms with van der Waals surface area (Å²) in [5.74, 6) is -0.264. The maximum atomic E-state index is 11.0. The fraction of sp³-hybridized carbons (Fsp3) is 0.417. The first-order valence-electron chi connectivity index (χ1n) is 5.88. The van der Waals surface area contributed by atoms with Gasteiger partial charge in [0.2, 0.25) is 0 Å². The first kappa shape index (κ1) is 12.8. The van der Waals surface area contributed by atoms with Gasteiger partial charge in [0.05, 0.1) is 5.39 Å². The van der Waals surface area contributed by atoms with Crippen molar-refractivity contribution in [2.24, 2.45) is 0 Å². The number of hydrogen-bond donors (Lipinski definition) is 2. The molecule has 0 aliphatic rings. The molecule has 0 aliphatic heterocycles. The number of aliphatic carboxylic acids is 1. The molecular weight excluding hydrogens is 250 g/mol. The maximum absolute atomic E-state index is 11.0. The molecule has 2 heterocycles. The number of carboxylic acid groups (broad SMARTS) is 1. The molecule has 0 aromatic carbocycles. The van der Waals surface area contributed by atoms with E-state index >= 15 is 0 Å². The van der Waals surface area contributed by atoms with E-state index in [1.54, 1.807) is 11.3 Å². The van der Waals surface area contributed by atoms with Crippen LogP contribution in [0.4, 0.5) is 5.82 Å². The molecular formula is C12H15N3O2S. The summed E-state index contributed by atoms with van der Waals surface area (Å²) in [7, 11) is 0. The molecule has 6 heteroatoms. The highest BCUT2D eigenvalue weighted by molar-refractivity contribution is 7.18. The van der Waals surface area contributed by atoms with E-state index in [4.69, 9.17) is 5.11 Å². The minimum absolute atomic E-state index is 0.506. The van der Waals surface area contributed by atoms with Crippen LogP contribution in [0, 0.1) is 0 Å². The SMILES string of the molecule is CCc1cc2c(NC(CC)C(=O)O)ncnc2s1. The number of anilines is 1. The molecule has 1 unspecified atom stereocenters.